The standard InChI is InChI=1S/C16H16F3N3O5S/c1-26-14(23)10-4-6-12(7-5-10)28(24,25)22-8-2-3-11(9-22)13-20-21-15(27-13)16(17,18)19/h4-7,11H,2-3,8-9H2,1H3. The Morgan fingerprint density at radius 2 is 1.93 bits per heavy atom. The first-order chi connectivity index (χ1) is 13.1. The summed E-state index contributed by atoms with van der Waals surface area (Å²) in [5.74, 6) is -2.94. The van der Waals surface area contributed by atoms with Gasteiger partial charge in [-0.15, -0.1) is 10.2 Å². The van der Waals surface area contributed by atoms with E-state index in [9.17, 15) is 26.4 Å². The van der Waals surface area contributed by atoms with Gasteiger partial charge in [0.05, 0.1) is 23.5 Å². The van der Waals surface area contributed by atoms with Crippen LogP contribution in [0.1, 0.15) is 40.9 Å². The van der Waals surface area contributed by atoms with E-state index in [0.29, 0.717) is 12.8 Å². The van der Waals surface area contributed by atoms with Gasteiger partial charge >= 0.3 is 18.0 Å². The molecule has 2 heterocycles. The lowest BCUT2D eigenvalue weighted by Crippen LogP contribution is -2.39. The van der Waals surface area contributed by atoms with Gasteiger partial charge in [-0.2, -0.15) is 17.5 Å². The Hall–Kier alpha value is -2.47. The van der Waals surface area contributed by atoms with E-state index >= 15 is 0 Å². The fourth-order valence-electron chi connectivity index (χ4n) is 2.91. The molecule has 0 N–H and O–H groups in total. The first-order valence-corrected chi connectivity index (χ1v) is 9.66. The SMILES string of the molecule is COC(=O)c1ccc(S(=O)(=O)N2CCCC(c3nnc(C(F)(F)F)o3)C2)cc1. The lowest BCUT2D eigenvalue weighted by atomic mass is 10.00. The maximum absolute atomic E-state index is 12.8. The zero-order valence-corrected chi connectivity index (χ0v) is 15.5. The number of hydrogen-bond donors (Lipinski definition) is 0. The third-order valence-electron chi connectivity index (χ3n) is 4.33. The van der Waals surface area contributed by atoms with Crippen LogP contribution in [0.4, 0.5) is 13.2 Å². The summed E-state index contributed by atoms with van der Waals surface area (Å²) in [5, 5.41) is 6.42. The van der Waals surface area contributed by atoms with Crippen molar-refractivity contribution in [2.75, 3.05) is 20.2 Å². The Bertz CT molecular complexity index is 957. The minimum atomic E-state index is -4.76. The van der Waals surface area contributed by atoms with Crippen molar-refractivity contribution in [3.63, 3.8) is 0 Å². The van der Waals surface area contributed by atoms with E-state index in [1.54, 1.807) is 0 Å². The van der Waals surface area contributed by atoms with Gasteiger partial charge in [0.25, 0.3) is 0 Å². The summed E-state index contributed by atoms with van der Waals surface area (Å²) in [6.45, 7) is 0.123. The molecule has 1 fully saturated rings. The average Bonchev–Trinajstić information content (AvgIpc) is 3.18. The van der Waals surface area contributed by atoms with Crippen molar-refractivity contribution < 1.29 is 35.5 Å². The number of carbonyl (C=O) groups excluding carboxylic acids is 1. The molecule has 3 rings (SSSR count). The van der Waals surface area contributed by atoms with Crippen molar-refractivity contribution in [3.8, 4) is 0 Å². The average molecular weight is 419 g/mol. The second kappa shape index (κ2) is 7.51. The van der Waals surface area contributed by atoms with Crippen LogP contribution in [0.5, 0.6) is 0 Å². The zero-order chi connectivity index (χ0) is 20.5. The third-order valence-corrected chi connectivity index (χ3v) is 6.21. The van der Waals surface area contributed by atoms with Gasteiger partial charge in [0, 0.05) is 13.1 Å². The van der Waals surface area contributed by atoms with E-state index in [0.717, 1.165) is 4.31 Å². The first kappa shape index (κ1) is 20.3. The molecule has 1 unspecified atom stereocenters. The molecule has 1 aliphatic rings. The largest absolute Gasteiger partial charge is 0.470 e. The molecule has 1 aliphatic heterocycles. The van der Waals surface area contributed by atoms with Crippen LogP contribution in [-0.2, 0) is 20.9 Å². The molecule has 0 amide bonds. The van der Waals surface area contributed by atoms with Crippen molar-refractivity contribution in [1.29, 1.82) is 0 Å². The highest BCUT2D eigenvalue weighted by atomic mass is 32.2. The Balaban J connectivity index is 1.79. The molecule has 2 aromatic rings. The summed E-state index contributed by atoms with van der Waals surface area (Å²) in [5.41, 5.74) is 0.198. The lowest BCUT2D eigenvalue weighted by Gasteiger charge is -2.30. The van der Waals surface area contributed by atoms with E-state index in [1.807, 2.05) is 0 Å². The van der Waals surface area contributed by atoms with Gasteiger partial charge in [0.1, 0.15) is 0 Å². The van der Waals surface area contributed by atoms with E-state index in [-0.39, 0.29) is 29.4 Å². The van der Waals surface area contributed by atoms with Crippen LogP contribution in [0.15, 0.2) is 33.6 Å². The van der Waals surface area contributed by atoms with E-state index in [4.69, 9.17) is 0 Å². The molecule has 0 saturated carbocycles. The predicted molar refractivity (Wildman–Crippen MR) is 87.8 cm³/mol. The highest BCUT2D eigenvalue weighted by molar-refractivity contribution is 7.89. The summed E-state index contributed by atoms with van der Waals surface area (Å²) >= 11 is 0. The predicted octanol–water partition coefficient (Wildman–Crippen LogP) is 2.44. The van der Waals surface area contributed by atoms with Crippen LogP contribution < -0.4 is 0 Å². The first-order valence-electron chi connectivity index (χ1n) is 8.22. The number of rotatable bonds is 4. The van der Waals surface area contributed by atoms with Gasteiger partial charge in [-0.1, -0.05) is 0 Å². The van der Waals surface area contributed by atoms with E-state index in [2.05, 4.69) is 19.4 Å². The van der Waals surface area contributed by atoms with Gasteiger partial charge in [-0.05, 0) is 37.1 Å². The van der Waals surface area contributed by atoms with Crippen LogP contribution in [0, 0.1) is 0 Å². The number of nitrogens with zero attached hydrogens (tertiary/aromatic N) is 3. The van der Waals surface area contributed by atoms with Crippen molar-refractivity contribution in [2.24, 2.45) is 0 Å². The van der Waals surface area contributed by atoms with Gasteiger partial charge in [-0.25, -0.2) is 13.2 Å². The number of aromatic nitrogens is 2. The Kier molecular flexibility index (Phi) is 5.44. The van der Waals surface area contributed by atoms with Crippen LogP contribution >= 0.6 is 0 Å². The molecule has 1 saturated heterocycles. The smallest absolute Gasteiger partial charge is 0.465 e. The second-order valence-corrected chi connectivity index (χ2v) is 8.10. The summed E-state index contributed by atoms with van der Waals surface area (Å²) < 4.78 is 74.0. The monoisotopic (exact) mass is 419 g/mol. The van der Waals surface area contributed by atoms with E-state index in [1.165, 1.54) is 31.4 Å². The van der Waals surface area contributed by atoms with Crippen LogP contribution in [0.25, 0.3) is 0 Å². The van der Waals surface area contributed by atoms with Gasteiger partial charge < -0.3 is 9.15 Å². The molecule has 0 aliphatic carbocycles. The molecule has 0 spiro atoms. The molecule has 1 atom stereocenters. The highest BCUT2D eigenvalue weighted by Crippen LogP contribution is 2.33. The fraction of sp³-hybridized carbons (Fsp3) is 0.438. The van der Waals surface area contributed by atoms with Crippen molar-refractivity contribution in [3.05, 3.63) is 41.6 Å². The summed E-state index contributed by atoms with van der Waals surface area (Å²) in [6.07, 6.45) is -3.91. The van der Waals surface area contributed by atoms with Crippen molar-refractivity contribution in [2.45, 2.75) is 29.8 Å². The maximum Gasteiger partial charge on any atom is 0.470 e. The van der Waals surface area contributed by atoms with Gasteiger partial charge in [0.15, 0.2) is 0 Å². The molecule has 28 heavy (non-hydrogen) atoms. The number of piperidine rings is 1. The summed E-state index contributed by atoms with van der Waals surface area (Å²) in [7, 11) is -2.69. The van der Waals surface area contributed by atoms with Crippen molar-refractivity contribution in [1.82, 2.24) is 14.5 Å². The number of halogens is 3. The normalized spacial score (nSPS) is 18.8. The third kappa shape index (κ3) is 4.02. The van der Waals surface area contributed by atoms with Gasteiger partial charge in [-0.3, -0.25) is 0 Å². The quantitative estimate of drug-likeness (QED) is 0.702. The van der Waals surface area contributed by atoms with E-state index < -0.39 is 34.0 Å². The number of ether oxygens (including phenoxy) is 1. The van der Waals surface area contributed by atoms with Crippen LogP contribution in [0.2, 0.25) is 0 Å². The van der Waals surface area contributed by atoms with Crippen LogP contribution in [-0.4, -0.2) is 49.1 Å². The molecule has 12 heteroatoms. The van der Waals surface area contributed by atoms with Gasteiger partial charge in [0.2, 0.25) is 15.9 Å². The number of benzene rings is 1. The highest BCUT2D eigenvalue weighted by Gasteiger charge is 2.40. The number of methoxy groups -OCH3 is 1. The Morgan fingerprint density at radius 3 is 2.50 bits per heavy atom. The number of alkyl halides is 3. The lowest BCUT2D eigenvalue weighted by molar-refractivity contribution is -0.157. The number of esters is 1. The topological polar surface area (TPSA) is 103 Å². The number of hydrogen-bond acceptors (Lipinski definition) is 7. The van der Waals surface area contributed by atoms with Crippen LogP contribution in [0.3, 0.4) is 0 Å². The molecular weight excluding hydrogens is 403 g/mol. The molecular formula is C16H16F3N3O5S. The minimum absolute atomic E-state index is 0.0395. The Labute approximate surface area is 158 Å². The van der Waals surface area contributed by atoms with Crippen molar-refractivity contribution >= 4 is 16.0 Å². The maximum atomic E-state index is 12.8. The molecule has 1 aromatic heterocycles. The Morgan fingerprint density at radius 1 is 1.25 bits per heavy atom. The summed E-state index contributed by atoms with van der Waals surface area (Å²) in [4.78, 5) is 11.4. The fourth-order valence-corrected chi connectivity index (χ4v) is 4.43. The number of carbonyl (C=O) groups is 1. The molecule has 0 bridgehead atoms. The zero-order valence-electron chi connectivity index (χ0n) is 14.6. The molecule has 152 valence electrons. The second-order valence-electron chi connectivity index (χ2n) is 6.16. The molecule has 0 radical (unpaired) electrons. The minimum Gasteiger partial charge on any atom is -0.465 e. The molecule has 8 nitrogen and oxygen atoms in total. The summed E-state index contributed by atoms with van der Waals surface area (Å²) in [6, 6.07) is 5.21. The number of sulfonamides is 1. The molecule has 1 aromatic carbocycles.